The van der Waals surface area contributed by atoms with Gasteiger partial charge in [0.05, 0.1) is 11.0 Å². The SMILES string of the molecule is Cn1c(C(NC(=O)Nc2ccccc2)c2ccccc2)nc2ccccc21. The number of benzene rings is 3. The number of urea groups is 1. The average molecular weight is 356 g/mol. The van der Waals surface area contributed by atoms with Crippen LogP contribution in [0.5, 0.6) is 0 Å². The van der Waals surface area contributed by atoms with E-state index in [1.807, 2.05) is 96.5 Å². The maximum absolute atomic E-state index is 12.6. The highest BCUT2D eigenvalue weighted by Gasteiger charge is 2.22. The number of carbonyl (C=O) groups excluding carboxylic acids is 1. The number of amides is 2. The summed E-state index contributed by atoms with van der Waals surface area (Å²) in [5.41, 5.74) is 3.64. The van der Waals surface area contributed by atoms with E-state index < -0.39 is 0 Å². The summed E-state index contributed by atoms with van der Waals surface area (Å²) in [7, 11) is 1.97. The van der Waals surface area contributed by atoms with Crippen LogP contribution in [0.1, 0.15) is 17.4 Å². The van der Waals surface area contributed by atoms with Gasteiger partial charge in [0.25, 0.3) is 0 Å². The number of nitrogens with one attached hydrogen (secondary N) is 2. The number of anilines is 1. The van der Waals surface area contributed by atoms with Gasteiger partial charge in [-0.05, 0) is 29.8 Å². The van der Waals surface area contributed by atoms with Crippen molar-refractivity contribution in [3.8, 4) is 0 Å². The third-order valence-electron chi connectivity index (χ3n) is 4.52. The number of hydrogen-bond donors (Lipinski definition) is 2. The van der Waals surface area contributed by atoms with Crippen LogP contribution in [0.15, 0.2) is 84.9 Å². The first-order chi connectivity index (χ1) is 13.2. The molecule has 0 fully saturated rings. The van der Waals surface area contributed by atoms with Gasteiger partial charge in [-0.1, -0.05) is 60.7 Å². The van der Waals surface area contributed by atoms with Crippen molar-refractivity contribution >= 4 is 22.8 Å². The molecule has 27 heavy (non-hydrogen) atoms. The van der Waals surface area contributed by atoms with E-state index >= 15 is 0 Å². The van der Waals surface area contributed by atoms with E-state index in [-0.39, 0.29) is 12.1 Å². The molecule has 1 atom stereocenters. The second-order valence-corrected chi connectivity index (χ2v) is 6.33. The van der Waals surface area contributed by atoms with Gasteiger partial charge in [-0.3, -0.25) is 0 Å². The quantitative estimate of drug-likeness (QED) is 0.566. The van der Waals surface area contributed by atoms with Gasteiger partial charge in [0.1, 0.15) is 11.9 Å². The van der Waals surface area contributed by atoms with E-state index in [4.69, 9.17) is 4.98 Å². The Labute approximate surface area is 157 Å². The van der Waals surface area contributed by atoms with E-state index in [0.29, 0.717) is 0 Å². The van der Waals surface area contributed by atoms with Crippen molar-refractivity contribution in [2.75, 3.05) is 5.32 Å². The van der Waals surface area contributed by atoms with Gasteiger partial charge >= 0.3 is 6.03 Å². The second kappa shape index (κ2) is 7.33. The number of rotatable bonds is 4. The minimum absolute atomic E-state index is 0.276. The van der Waals surface area contributed by atoms with E-state index in [0.717, 1.165) is 28.1 Å². The Morgan fingerprint density at radius 3 is 2.22 bits per heavy atom. The maximum atomic E-state index is 12.6. The number of aromatic nitrogens is 2. The summed E-state index contributed by atoms with van der Waals surface area (Å²) in [5.74, 6) is 0.783. The van der Waals surface area contributed by atoms with Crippen LogP contribution in [0.4, 0.5) is 10.5 Å². The predicted octanol–water partition coefficient (Wildman–Crippen LogP) is 4.48. The van der Waals surface area contributed by atoms with Gasteiger partial charge in [-0.25, -0.2) is 9.78 Å². The monoisotopic (exact) mass is 356 g/mol. The van der Waals surface area contributed by atoms with Gasteiger partial charge in [0.15, 0.2) is 0 Å². The molecule has 4 rings (SSSR count). The van der Waals surface area contributed by atoms with Crippen molar-refractivity contribution in [2.24, 2.45) is 7.05 Å². The topological polar surface area (TPSA) is 59.0 Å². The second-order valence-electron chi connectivity index (χ2n) is 6.33. The Morgan fingerprint density at radius 1 is 0.889 bits per heavy atom. The minimum Gasteiger partial charge on any atom is -0.329 e. The lowest BCUT2D eigenvalue weighted by Gasteiger charge is -2.19. The van der Waals surface area contributed by atoms with Crippen LogP contribution in [-0.4, -0.2) is 15.6 Å². The minimum atomic E-state index is -0.368. The molecule has 0 aliphatic heterocycles. The highest BCUT2D eigenvalue weighted by atomic mass is 16.2. The molecule has 4 aromatic rings. The summed E-state index contributed by atoms with van der Waals surface area (Å²) in [6.07, 6.45) is 0. The van der Waals surface area contributed by atoms with Crippen molar-refractivity contribution in [3.63, 3.8) is 0 Å². The molecule has 2 amide bonds. The van der Waals surface area contributed by atoms with Gasteiger partial charge in [-0.15, -0.1) is 0 Å². The zero-order chi connectivity index (χ0) is 18.6. The Balaban J connectivity index is 1.69. The molecule has 0 saturated heterocycles. The Hall–Kier alpha value is -3.60. The normalized spacial score (nSPS) is 11.9. The Morgan fingerprint density at radius 2 is 1.52 bits per heavy atom. The number of aryl methyl sites for hydroxylation is 1. The molecule has 0 spiro atoms. The highest BCUT2D eigenvalue weighted by Crippen LogP contribution is 2.25. The first-order valence-corrected chi connectivity index (χ1v) is 8.81. The van der Waals surface area contributed by atoms with Crippen molar-refractivity contribution in [1.29, 1.82) is 0 Å². The van der Waals surface area contributed by atoms with Gasteiger partial charge in [-0.2, -0.15) is 0 Å². The maximum Gasteiger partial charge on any atom is 0.320 e. The van der Waals surface area contributed by atoms with Gasteiger partial charge < -0.3 is 15.2 Å². The van der Waals surface area contributed by atoms with Crippen molar-refractivity contribution in [1.82, 2.24) is 14.9 Å². The third kappa shape index (κ3) is 3.53. The molecule has 5 heteroatoms. The lowest BCUT2D eigenvalue weighted by atomic mass is 10.1. The predicted molar refractivity (Wildman–Crippen MR) is 108 cm³/mol. The van der Waals surface area contributed by atoms with Crippen LogP contribution in [0.2, 0.25) is 0 Å². The zero-order valence-electron chi connectivity index (χ0n) is 15.0. The molecule has 1 unspecified atom stereocenters. The fourth-order valence-electron chi connectivity index (χ4n) is 3.18. The molecule has 0 aliphatic rings. The molecule has 0 saturated carbocycles. The molecular weight excluding hydrogens is 336 g/mol. The van der Waals surface area contributed by atoms with Crippen LogP contribution < -0.4 is 10.6 Å². The van der Waals surface area contributed by atoms with Crippen molar-refractivity contribution in [3.05, 3.63) is 96.3 Å². The molecular formula is C22H20N4O. The molecule has 0 bridgehead atoms. The number of imidazole rings is 1. The third-order valence-corrected chi connectivity index (χ3v) is 4.52. The molecule has 1 heterocycles. The van der Waals surface area contributed by atoms with Crippen LogP contribution in [-0.2, 0) is 7.05 Å². The standard InChI is InChI=1S/C22H20N4O/c1-26-19-15-9-8-14-18(19)24-21(26)20(16-10-4-2-5-11-16)25-22(27)23-17-12-6-3-7-13-17/h2-15,20H,1H3,(H2,23,25,27). The number of para-hydroxylation sites is 3. The first-order valence-electron chi connectivity index (χ1n) is 8.81. The fraction of sp³-hybridized carbons (Fsp3) is 0.0909. The molecule has 3 aromatic carbocycles. The van der Waals surface area contributed by atoms with E-state index in [9.17, 15) is 4.79 Å². The van der Waals surface area contributed by atoms with Gasteiger partial charge in [0.2, 0.25) is 0 Å². The van der Waals surface area contributed by atoms with E-state index in [1.54, 1.807) is 0 Å². The summed E-state index contributed by atoms with van der Waals surface area (Å²) >= 11 is 0. The van der Waals surface area contributed by atoms with Gasteiger partial charge in [0, 0.05) is 12.7 Å². The number of fused-ring (bicyclic) bond motifs is 1. The molecule has 134 valence electrons. The first kappa shape index (κ1) is 16.8. The molecule has 2 N–H and O–H groups in total. The zero-order valence-corrected chi connectivity index (χ0v) is 15.0. The Kier molecular flexibility index (Phi) is 4.58. The summed E-state index contributed by atoms with van der Waals surface area (Å²) in [6, 6.07) is 26.6. The molecule has 5 nitrogen and oxygen atoms in total. The summed E-state index contributed by atoms with van der Waals surface area (Å²) in [4.78, 5) is 17.4. The van der Waals surface area contributed by atoms with E-state index in [2.05, 4.69) is 10.6 Å². The van der Waals surface area contributed by atoms with Crippen molar-refractivity contribution < 1.29 is 4.79 Å². The van der Waals surface area contributed by atoms with Crippen LogP contribution in [0.25, 0.3) is 11.0 Å². The molecule has 1 aromatic heterocycles. The van der Waals surface area contributed by atoms with Crippen molar-refractivity contribution in [2.45, 2.75) is 6.04 Å². The number of nitrogens with zero attached hydrogens (tertiary/aromatic N) is 2. The lowest BCUT2D eigenvalue weighted by Crippen LogP contribution is -2.34. The molecule has 0 aliphatic carbocycles. The smallest absolute Gasteiger partial charge is 0.320 e. The molecule has 0 radical (unpaired) electrons. The highest BCUT2D eigenvalue weighted by molar-refractivity contribution is 5.89. The van der Waals surface area contributed by atoms with Crippen LogP contribution in [0, 0.1) is 0 Å². The Bertz CT molecular complexity index is 1060. The number of hydrogen-bond acceptors (Lipinski definition) is 2. The summed E-state index contributed by atoms with van der Waals surface area (Å²) < 4.78 is 2.02. The summed E-state index contributed by atoms with van der Waals surface area (Å²) in [6.45, 7) is 0. The lowest BCUT2D eigenvalue weighted by molar-refractivity contribution is 0.249. The largest absolute Gasteiger partial charge is 0.329 e. The summed E-state index contributed by atoms with van der Waals surface area (Å²) in [5, 5.41) is 5.94. The number of carbonyl (C=O) groups is 1. The fourth-order valence-corrected chi connectivity index (χ4v) is 3.18. The van der Waals surface area contributed by atoms with Crippen LogP contribution >= 0.6 is 0 Å². The van der Waals surface area contributed by atoms with E-state index in [1.165, 1.54) is 0 Å². The average Bonchev–Trinajstić information content (AvgIpc) is 3.04. The van der Waals surface area contributed by atoms with Crippen LogP contribution in [0.3, 0.4) is 0 Å².